The fraction of sp³-hybridized carbons (Fsp3) is 0.312. The molecule has 0 bridgehead atoms. The van der Waals surface area contributed by atoms with Gasteiger partial charge >= 0.3 is 0 Å². The van der Waals surface area contributed by atoms with Gasteiger partial charge in [0.2, 0.25) is 0 Å². The topological polar surface area (TPSA) is 38.5 Å². The SMILES string of the molecule is NC(=S)c1ccc(OCCN2CCc3sccc3C2)cc1. The van der Waals surface area contributed by atoms with Gasteiger partial charge in [-0.05, 0) is 47.7 Å². The summed E-state index contributed by atoms with van der Waals surface area (Å²) in [5.41, 5.74) is 7.93. The fourth-order valence-electron chi connectivity index (χ4n) is 2.51. The summed E-state index contributed by atoms with van der Waals surface area (Å²) in [5.74, 6) is 0.864. The van der Waals surface area contributed by atoms with Gasteiger partial charge in [-0.25, -0.2) is 0 Å². The second-order valence-corrected chi connectivity index (χ2v) is 6.57. The standard InChI is InChI=1S/C16H18N2OS2/c17-16(20)12-1-3-14(4-2-12)19-9-8-18-7-5-15-13(11-18)6-10-21-15/h1-4,6,10H,5,7-9,11H2,(H2,17,20). The molecule has 3 nitrogen and oxygen atoms in total. The Labute approximate surface area is 134 Å². The van der Waals surface area contributed by atoms with Crippen molar-refractivity contribution in [1.29, 1.82) is 0 Å². The van der Waals surface area contributed by atoms with Gasteiger partial charge in [0.05, 0.1) is 0 Å². The van der Waals surface area contributed by atoms with Crippen molar-refractivity contribution in [1.82, 2.24) is 4.90 Å². The largest absolute Gasteiger partial charge is 0.492 e. The second-order valence-electron chi connectivity index (χ2n) is 5.13. The van der Waals surface area contributed by atoms with Gasteiger partial charge in [0.1, 0.15) is 17.3 Å². The van der Waals surface area contributed by atoms with Gasteiger partial charge in [-0.3, -0.25) is 4.90 Å². The lowest BCUT2D eigenvalue weighted by molar-refractivity contribution is 0.197. The Kier molecular flexibility index (Phi) is 4.53. The van der Waals surface area contributed by atoms with E-state index in [1.165, 1.54) is 5.56 Å². The van der Waals surface area contributed by atoms with Crippen molar-refractivity contribution >= 4 is 28.5 Å². The Morgan fingerprint density at radius 2 is 2.10 bits per heavy atom. The van der Waals surface area contributed by atoms with Gasteiger partial charge in [0, 0.05) is 30.1 Å². The van der Waals surface area contributed by atoms with Crippen molar-refractivity contribution in [2.24, 2.45) is 5.73 Å². The zero-order valence-corrected chi connectivity index (χ0v) is 13.4. The van der Waals surface area contributed by atoms with Crippen LogP contribution in [0.15, 0.2) is 35.7 Å². The van der Waals surface area contributed by atoms with Crippen LogP contribution in [0, 0.1) is 0 Å². The molecule has 0 fully saturated rings. The van der Waals surface area contributed by atoms with Crippen LogP contribution in [-0.4, -0.2) is 29.6 Å². The van der Waals surface area contributed by atoms with Crippen molar-refractivity contribution in [2.75, 3.05) is 19.7 Å². The lowest BCUT2D eigenvalue weighted by Gasteiger charge is -2.26. The highest BCUT2D eigenvalue weighted by Gasteiger charge is 2.16. The maximum absolute atomic E-state index is 5.79. The summed E-state index contributed by atoms with van der Waals surface area (Å²) in [6.45, 7) is 3.82. The number of ether oxygens (including phenoxy) is 1. The maximum Gasteiger partial charge on any atom is 0.119 e. The number of hydrogen-bond donors (Lipinski definition) is 1. The lowest BCUT2D eigenvalue weighted by atomic mass is 10.1. The smallest absolute Gasteiger partial charge is 0.119 e. The first-order valence-corrected chi connectivity index (χ1v) is 8.31. The monoisotopic (exact) mass is 318 g/mol. The molecule has 2 aromatic rings. The van der Waals surface area contributed by atoms with Crippen LogP contribution in [-0.2, 0) is 13.0 Å². The van der Waals surface area contributed by atoms with E-state index in [1.54, 1.807) is 4.88 Å². The van der Waals surface area contributed by atoms with E-state index in [1.807, 2.05) is 35.6 Å². The third-order valence-corrected chi connectivity index (χ3v) is 4.96. The van der Waals surface area contributed by atoms with Crippen LogP contribution in [0.3, 0.4) is 0 Å². The Balaban J connectivity index is 1.47. The van der Waals surface area contributed by atoms with E-state index in [2.05, 4.69) is 16.3 Å². The molecule has 1 aliphatic rings. The molecule has 0 spiro atoms. The van der Waals surface area contributed by atoms with Crippen LogP contribution < -0.4 is 10.5 Å². The number of nitrogens with zero attached hydrogens (tertiary/aromatic N) is 1. The minimum Gasteiger partial charge on any atom is -0.492 e. The molecule has 2 heterocycles. The van der Waals surface area contributed by atoms with Gasteiger partial charge in [0.25, 0.3) is 0 Å². The second kappa shape index (κ2) is 6.56. The van der Waals surface area contributed by atoms with Crippen molar-refractivity contribution in [2.45, 2.75) is 13.0 Å². The minimum absolute atomic E-state index is 0.418. The zero-order valence-electron chi connectivity index (χ0n) is 11.7. The van der Waals surface area contributed by atoms with Crippen LogP contribution in [0.1, 0.15) is 16.0 Å². The van der Waals surface area contributed by atoms with E-state index in [-0.39, 0.29) is 0 Å². The molecular weight excluding hydrogens is 300 g/mol. The summed E-state index contributed by atoms with van der Waals surface area (Å²) in [6, 6.07) is 9.87. The third kappa shape index (κ3) is 3.61. The lowest BCUT2D eigenvalue weighted by Crippen LogP contribution is -2.33. The summed E-state index contributed by atoms with van der Waals surface area (Å²) in [4.78, 5) is 4.40. The number of nitrogens with two attached hydrogens (primary N) is 1. The number of thiophene rings is 1. The van der Waals surface area contributed by atoms with Crippen molar-refractivity contribution in [3.63, 3.8) is 0 Å². The predicted octanol–water partition coefficient (Wildman–Crippen LogP) is 2.82. The first kappa shape index (κ1) is 14.5. The predicted molar refractivity (Wildman–Crippen MR) is 91.1 cm³/mol. The molecule has 2 N–H and O–H groups in total. The highest BCUT2D eigenvalue weighted by molar-refractivity contribution is 7.80. The van der Waals surface area contributed by atoms with Crippen LogP contribution in [0.4, 0.5) is 0 Å². The third-order valence-electron chi connectivity index (χ3n) is 3.70. The Morgan fingerprint density at radius 3 is 2.86 bits per heavy atom. The Morgan fingerprint density at radius 1 is 1.29 bits per heavy atom. The van der Waals surface area contributed by atoms with E-state index in [4.69, 9.17) is 22.7 Å². The van der Waals surface area contributed by atoms with Crippen LogP contribution in [0.5, 0.6) is 5.75 Å². The Hall–Kier alpha value is -1.43. The van der Waals surface area contributed by atoms with E-state index >= 15 is 0 Å². The molecular formula is C16H18N2OS2. The van der Waals surface area contributed by atoms with Gasteiger partial charge in [-0.2, -0.15) is 0 Å². The van der Waals surface area contributed by atoms with E-state index in [0.717, 1.165) is 37.4 Å². The number of thiocarbonyl (C=S) groups is 1. The summed E-state index contributed by atoms with van der Waals surface area (Å²) < 4.78 is 5.79. The molecule has 3 rings (SSSR count). The quantitative estimate of drug-likeness (QED) is 0.861. The molecule has 5 heteroatoms. The van der Waals surface area contributed by atoms with E-state index < -0.39 is 0 Å². The van der Waals surface area contributed by atoms with Crippen LogP contribution in [0.2, 0.25) is 0 Å². The average Bonchev–Trinajstić information content (AvgIpc) is 2.95. The van der Waals surface area contributed by atoms with Gasteiger partial charge in [-0.1, -0.05) is 12.2 Å². The van der Waals surface area contributed by atoms with Crippen molar-refractivity contribution < 1.29 is 4.74 Å². The molecule has 21 heavy (non-hydrogen) atoms. The first-order valence-electron chi connectivity index (χ1n) is 7.02. The normalized spacial score (nSPS) is 14.7. The summed E-state index contributed by atoms with van der Waals surface area (Å²) >= 11 is 6.81. The number of rotatable bonds is 5. The zero-order chi connectivity index (χ0) is 14.7. The average molecular weight is 318 g/mol. The molecule has 1 aliphatic heterocycles. The van der Waals surface area contributed by atoms with Gasteiger partial charge < -0.3 is 10.5 Å². The molecule has 0 amide bonds. The molecule has 1 aromatic heterocycles. The Bertz CT molecular complexity index is 621. The van der Waals surface area contributed by atoms with Crippen molar-refractivity contribution in [3.05, 3.63) is 51.7 Å². The summed E-state index contributed by atoms with van der Waals surface area (Å²) in [7, 11) is 0. The molecule has 1 aromatic carbocycles. The molecule has 0 atom stereocenters. The number of hydrogen-bond acceptors (Lipinski definition) is 4. The van der Waals surface area contributed by atoms with E-state index in [0.29, 0.717) is 11.6 Å². The molecule has 0 unspecified atom stereocenters. The first-order chi connectivity index (χ1) is 10.2. The highest BCUT2D eigenvalue weighted by Crippen LogP contribution is 2.23. The highest BCUT2D eigenvalue weighted by atomic mass is 32.1. The van der Waals surface area contributed by atoms with Gasteiger partial charge in [0.15, 0.2) is 0 Å². The molecule has 110 valence electrons. The fourth-order valence-corrected chi connectivity index (χ4v) is 3.53. The maximum atomic E-state index is 5.79. The molecule has 0 aliphatic carbocycles. The van der Waals surface area contributed by atoms with Crippen LogP contribution in [0.25, 0.3) is 0 Å². The molecule has 0 radical (unpaired) electrons. The van der Waals surface area contributed by atoms with Gasteiger partial charge in [-0.15, -0.1) is 11.3 Å². The van der Waals surface area contributed by atoms with Crippen molar-refractivity contribution in [3.8, 4) is 5.75 Å². The molecule has 0 saturated carbocycles. The molecule has 0 saturated heterocycles. The summed E-state index contributed by atoms with van der Waals surface area (Å²) in [5, 5.41) is 2.19. The number of benzene rings is 1. The van der Waals surface area contributed by atoms with Crippen LogP contribution >= 0.6 is 23.6 Å². The summed E-state index contributed by atoms with van der Waals surface area (Å²) in [6.07, 6.45) is 1.16. The number of fused-ring (bicyclic) bond motifs is 1. The minimum atomic E-state index is 0.418. The van der Waals surface area contributed by atoms with E-state index in [9.17, 15) is 0 Å².